The quantitative estimate of drug-likeness (QED) is 0.608. The third kappa shape index (κ3) is 5.03. The van der Waals surface area contributed by atoms with E-state index in [1.165, 1.54) is 24.3 Å². The van der Waals surface area contributed by atoms with Gasteiger partial charge in [-0.05, 0) is 36.4 Å². The van der Waals surface area contributed by atoms with Crippen LogP contribution in [0.25, 0.3) is 0 Å². The summed E-state index contributed by atoms with van der Waals surface area (Å²) >= 11 is 0. The van der Waals surface area contributed by atoms with E-state index in [0.29, 0.717) is 0 Å². The van der Waals surface area contributed by atoms with E-state index in [9.17, 15) is 31.2 Å². The van der Waals surface area contributed by atoms with Gasteiger partial charge in [-0.15, -0.1) is 0 Å². The van der Waals surface area contributed by atoms with Gasteiger partial charge in [0.25, 0.3) is 5.91 Å². The Kier molecular flexibility index (Phi) is 5.48. The lowest BCUT2D eigenvalue weighted by atomic mass is 10.2. The van der Waals surface area contributed by atoms with Crippen LogP contribution in [0.15, 0.2) is 53.4 Å². The number of halogens is 3. The second-order valence-corrected chi connectivity index (χ2v) is 7.73. The minimum atomic E-state index is -4.48. The number of nitrogens with one attached hydrogen (secondary N) is 3. The van der Waals surface area contributed by atoms with Crippen LogP contribution in [0.4, 0.5) is 18.0 Å². The largest absolute Gasteiger partial charge is 0.457 e. The summed E-state index contributed by atoms with van der Waals surface area (Å²) in [7, 11) is -4.04. The Morgan fingerprint density at radius 3 is 2.31 bits per heavy atom. The van der Waals surface area contributed by atoms with Crippen LogP contribution >= 0.6 is 0 Å². The lowest BCUT2D eigenvalue weighted by Gasteiger charge is -2.12. The van der Waals surface area contributed by atoms with Crippen molar-refractivity contribution in [2.24, 2.45) is 0 Å². The van der Waals surface area contributed by atoms with Crippen LogP contribution < -0.4 is 20.1 Å². The summed E-state index contributed by atoms with van der Waals surface area (Å²) in [6.45, 7) is -0.357. The van der Waals surface area contributed by atoms with Crippen molar-refractivity contribution in [3.8, 4) is 11.5 Å². The molecule has 29 heavy (non-hydrogen) atoms. The van der Waals surface area contributed by atoms with Crippen molar-refractivity contribution in [2.75, 3.05) is 6.54 Å². The van der Waals surface area contributed by atoms with Gasteiger partial charge in [0.15, 0.2) is 0 Å². The molecule has 0 aromatic heterocycles. The van der Waals surface area contributed by atoms with E-state index in [-0.39, 0.29) is 22.9 Å². The van der Waals surface area contributed by atoms with E-state index in [1.54, 1.807) is 0 Å². The lowest BCUT2D eigenvalue weighted by molar-refractivity contribution is -0.137. The van der Waals surface area contributed by atoms with Crippen LogP contribution in [0.3, 0.4) is 0 Å². The fraction of sp³-hybridized carbons (Fsp3) is 0.176. The Hall–Kier alpha value is -3.12. The second-order valence-electron chi connectivity index (χ2n) is 5.97. The monoisotopic (exact) mass is 429 g/mol. The molecule has 8 nitrogen and oxygen atoms in total. The van der Waals surface area contributed by atoms with Gasteiger partial charge in [0.1, 0.15) is 17.5 Å². The molecule has 1 fully saturated rings. The number of rotatable bonds is 6. The molecular weight excluding hydrogens is 415 g/mol. The molecule has 154 valence electrons. The topological polar surface area (TPSA) is 114 Å². The summed E-state index contributed by atoms with van der Waals surface area (Å²) in [5, 5.41) is 4.23. The molecule has 0 unspecified atom stereocenters. The predicted molar refractivity (Wildman–Crippen MR) is 93.6 cm³/mol. The Bertz CT molecular complexity index is 1040. The first-order valence-corrected chi connectivity index (χ1v) is 9.59. The third-order valence-corrected chi connectivity index (χ3v) is 5.29. The van der Waals surface area contributed by atoms with Crippen molar-refractivity contribution in [2.45, 2.75) is 17.1 Å². The van der Waals surface area contributed by atoms with Crippen molar-refractivity contribution in [3.63, 3.8) is 0 Å². The van der Waals surface area contributed by atoms with Crippen LogP contribution in [0.2, 0.25) is 0 Å². The normalized spacial score (nSPS) is 17.0. The number of amides is 3. The number of hydrogen-bond acceptors (Lipinski definition) is 5. The summed E-state index contributed by atoms with van der Waals surface area (Å²) in [4.78, 5) is 22.3. The Labute approximate surface area is 163 Å². The van der Waals surface area contributed by atoms with Gasteiger partial charge in [-0.1, -0.05) is 6.07 Å². The minimum Gasteiger partial charge on any atom is -0.457 e. The molecule has 3 amide bonds. The number of benzene rings is 2. The number of carbonyl (C=O) groups excluding carboxylic acids is 2. The molecule has 1 heterocycles. The van der Waals surface area contributed by atoms with E-state index in [1.807, 2.05) is 5.32 Å². The molecule has 1 aliphatic rings. The van der Waals surface area contributed by atoms with Crippen molar-refractivity contribution in [1.82, 2.24) is 15.4 Å². The molecule has 1 atom stereocenters. The van der Waals surface area contributed by atoms with Crippen LogP contribution in [0.1, 0.15) is 5.56 Å². The SMILES string of the molecule is O=C1NC(=O)[C@H](CNS(=O)(=O)c2cccc(Oc3ccc(C(F)(F)F)cc3)c2)N1. The first-order chi connectivity index (χ1) is 13.5. The fourth-order valence-corrected chi connectivity index (χ4v) is 3.51. The number of sulfonamides is 1. The molecule has 0 radical (unpaired) electrons. The van der Waals surface area contributed by atoms with E-state index >= 15 is 0 Å². The molecule has 0 aliphatic carbocycles. The van der Waals surface area contributed by atoms with Crippen molar-refractivity contribution >= 4 is 22.0 Å². The molecule has 0 saturated carbocycles. The Balaban J connectivity index is 1.69. The summed E-state index contributed by atoms with van der Waals surface area (Å²) in [6, 6.07) is 7.43. The second kappa shape index (κ2) is 7.72. The maximum Gasteiger partial charge on any atom is 0.416 e. The molecule has 12 heteroatoms. The number of carbonyl (C=O) groups is 2. The zero-order chi connectivity index (χ0) is 21.2. The Morgan fingerprint density at radius 2 is 1.72 bits per heavy atom. The maximum atomic E-state index is 12.6. The number of hydrogen-bond donors (Lipinski definition) is 3. The number of alkyl halides is 3. The van der Waals surface area contributed by atoms with Crippen LogP contribution in [-0.2, 0) is 21.0 Å². The van der Waals surface area contributed by atoms with Gasteiger partial charge in [0, 0.05) is 12.6 Å². The smallest absolute Gasteiger partial charge is 0.416 e. The highest BCUT2D eigenvalue weighted by Gasteiger charge is 2.31. The first-order valence-electron chi connectivity index (χ1n) is 8.11. The lowest BCUT2D eigenvalue weighted by Crippen LogP contribution is -2.41. The van der Waals surface area contributed by atoms with E-state index in [4.69, 9.17) is 4.74 Å². The van der Waals surface area contributed by atoms with Crippen LogP contribution in [0, 0.1) is 0 Å². The summed E-state index contributed by atoms with van der Waals surface area (Å²) in [6.07, 6.45) is -4.48. The summed E-state index contributed by atoms with van der Waals surface area (Å²) < 4.78 is 70.2. The molecular formula is C17H14F3N3O5S. The molecule has 1 aliphatic heterocycles. The molecule has 0 bridgehead atoms. The van der Waals surface area contributed by atoms with Crippen molar-refractivity contribution in [1.29, 1.82) is 0 Å². The molecule has 0 spiro atoms. The van der Waals surface area contributed by atoms with Gasteiger partial charge in [-0.3, -0.25) is 10.1 Å². The fourth-order valence-electron chi connectivity index (χ4n) is 2.43. The van der Waals surface area contributed by atoms with Crippen molar-refractivity contribution in [3.05, 3.63) is 54.1 Å². The van der Waals surface area contributed by atoms with Gasteiger partial charge in [0.05, 0.1) is 10.5 Å². The van der Waals surface area contributed by atoms with Crippen LogP contribution in [0.5, 0.6) is 11.5 Å². The van der Waals surface area contributed by atoms with E-state index in [2.05, 4.69) is 10.0 Å². The molecule has 1 saturated heterocycles. The molecule has 2 aromatic rings. The van der Waals surface area contributed by atoms with Gasteiger partial charge in [0.2, 0.25) is 10.0 Å². The molecule has 2 aromatic carbocycles. The molecule has 3 N–H and O–H groups in total. The standard InChI is InChI=1S/C17H14F3N3O5S/c18-17(19,20)10-4-6-11(7-5-10)28-12-2-1-3-13(8-12)29(26,27)21-9-14-15(24)23-16(25)22-14/h1-8,14,21H,9H2,(H2,22,23,24,25)/t14-/m0/s1. The van der Waals surface area contributed by atoms with Gasteiger partial charge < -0.3 is 10.1 Å². The van der Waals surface area contributed by atoms with Crippen molar-refractivity contribution < 1.29 is 35.9 Å². The van der Waals surface area contributed by atoms with Gasteiger partial charge >= 0.3 is 12.2 Å². The highest BCUT2D eigenvalue weighted by atomic mass is 32.2. The maximum absolute atomic E-state index is 12.6. The minimum absolute atomic E-state index is 0.0829. The summed E-state index contributed by atoms with van der Waals surface area (Å²) in [5.41, 5.74) is -0.839. The van der Waals surface area contributed by atoms with E-state index < -0.39 is 39.7 Å². The summed E-state index contributed by atoms with van der Waals surface area (Å²) in [5.74, 6) is -0.484. The average molecular weight is 429 g/mol. The first kappa shape index (κ1) is 20.6. The highest BCUT2D eigenvalue weighted by Crippen LogP contribution is 2.31. The number of ether oxygens (including phenoxy) is 1. The average Bonchev–Trinajstić information content (AvgIpc) is 2.97. The zero-order valence-electron chi connectivity index (χ0n) is 14.5. The molecule has 3 rings (SSSR count). The third-order valence-electron chi connectivity index (χ3n) is 3.87. The highest BCUT2D eigenvalue weighted by molar-refractivity contribution is 7.89. The van der Waals surface area contributed by atoms with E-state index in [0.717, 1.165) is 24.3 Å². The van der Waals surface area contributed by atoms with Crippen LogP contribution in [-0.4, -0.2) is 32.9 Å². The number of urea groups is 1. The van der Waals surface area contributed by atoms with Gasteiger partial charge in [-0.2, -0.15) is 13.2 Å². The predicted octanol–water partition coefficient (Wildman–Crippen LogP) is 1.98. The van der Waals surface area contributed by atoms with Gasteiger partial charge in [-0.25, -0.2) is 17.9 Å². The number of imide groups is 1. The zero-order valence-corrected chi connectivity index (χ0v) is 15.3. The Morgan fingerprint density at radius 1 is 1.03 bits per heavy atom.